The first kappa shape index (κ1) is 17.6. The Kier molecular flexibility index (Phi) is 4.33. The molecule has 0 saturated heterocycles. The molecule has 1 aliphatic heterocycles. The Morgan fingerprint density at radius 3 is 2.59 bits per heavy atom. The van der Waals surface area contributed by atoms with Gasteiger partial charge >= 0.3 is 5.97 Å². The number of nitrogens with one attached hydrogen (secondary N) is 1. The number of rotatable bonds is 3. The number of carbonyl (C=O) groups is 2. The van der Waals surface area contributed by atoms with Gasteiger partial charge in [0.1, 0.15) is 5.01 Å². The molecule has 0 bridgehead atoms. The van der Waals surface area contributed by atoms with Gasteiger partial charge in [0.25, 0.3) is 5.91 Å². The summed E-state index contributed by atoms with van der Waals surface area (Å²) in [6.45, 7) is 0. The van der Waals surface area contributed by atoms with Gasteiger partial charge < -0.3 is 10.1 Å². The normalized spacial score (nSPS) is 15.6. The van der Waals surface area contributed by atoms with Crippen LogP contribution in [0.5, 0.6) is 0 Å². The monoisotopic (exact) mass is 400 g/mol. The van der Waals surface area contributed by atoms with Crippen LogP contribution in [0.4, 0.5) is 5.69 Å². The number of benzene rings is 3. The number of amides is 1. The average Bonchev–Trinajstić information content (AvgIpc) is 3.18. The lowest BCUT2D eigenvalue weighted by Gasteiger charge is -2.23. The number of nitrogens with zero attached hydrogens (tertiary/aromatic N) is 1. The minimum absolute atomic E-state index is 0.333. The highest BCUT2D eigenvalue weighted by Gasteiger charge is 2.31. The summed E-state index contributed by atoms with van der Waals surface area (Å²) < 4.78 is 6.45. The number of para-hydroxylation sites is 1. The molecule has 1 amide bonds. The standard InChI is InChI=1S/C23H16N2O3S/c26-21(19-13-15-5-1-2-6-17(15)23(27)28-19)24-16-11-9-14(10-12-16)22-25-18-7-3-4-8-20(18)29-22/h1-12,19H,13H2,(H,24,26)/t19-/m1/s1. The third kappa shape index (κ3) is 3.39. The maximum absolute atomic E-state index is 12.6. The van der Waals surface area contributed by atoms with Crippen LogP contribution in [-0.2, 0) is 16.0 Å². The Labute approximate surface area is 171 Å². The fourth-order valence-electron chi connectivity index (χ4n) is 3.39. The van der Waals surface area contributed by atoms with Gasteiger partial charge in [-0.3, -0.25) is 4.79 Å². The molecule has 5 nitrogen and oxygen atoms in total. The molecule has 1 aliphatic rings. The van der Waals surface area contributed by atoms with Crippen LogP contribution in [0, 0.1) is 0 Å². The molecule has 5 rings (SSSR count). The van der Waals surface area contributed by atoms with Crippen molar-refractivity contribution < 1.29 is 14.3 Å². The first-order valence-corrected chi connectivity index (χ1v) is 10.0. The van der Waals surface area contributed by atoms with Crippen LogP contribution in [0.15, 0.2) is 72.8 Å². The number of hydrogen-bond donors (Lipinski definition) is 1. The number of ether oxygens (including phenoxy) is 1. The third-order valence-corrected chi connectivity index (χ3v) is 5.96. The van der Waals surface area contributed by atoms with Gasteiger partial charge in [0, 0.05) is 17.7 Å². The predicted molar refractivity (Wildman–Crippen MR) is 113 cm³/mol. The summed E-state index contributed by atoms with van der Waals surface area (Å²) >= 11 is 1.63. The molecule has 0 aliphatic carbocycles. The Bertz CT molecular complexity index is 1200. The Hall–Kier alpha value is -3.51. The molecule has 29 heavy (non-hydrogen) atoms. The highest BCUT2D eigenvalue weighted by atomic mass is 32.1. The molecular weight excluding hydrogens is 384 g/mol. The maximum Gasteiger partial charge on any atom is 0.339 e. The zero-order chi connectivity index (χ0) is 19.8. The fraction of sp³-hybridized carbons (Fsp3) is 0.0870. The smallest absolute Gasteiger partial charge is 0.339 e. The largest absolute Gasteiger partial charge is 0.448 e. The van der Waals surface area contributed by atoms with Gasteiger partial charge in [0.2, 0.25) is 0 Å². The van der Waals surface area contributed by atoms with Crippen molar-refractivity contribution in [1.29, 1.82) is 0 Å². The summed E-state index contributed by atoms with van der Waals surface area (Å²) in [6.07, 6.45) is -0.460. The van der Waals surface area contributed by atoms with Crippen LogP contribution in [0.3, 0.4) is 0 Å². The molecule has 1 aromatic heterocycles. The molecule has 0 saturated carbocycles. The highest BCUT2D eigenvalue weighted by molar-refractivity contribution is 7.21. The first-order valence-electron chi connectivity index (χ1n) is 9.23. The van der Waals surface area contributed by atoms with Gasteiger partial charge in [-0.25, -0.2) is 9.78 Å². The summed E-state index contributed by atoms with van der Waals surface area (Å²) in [5.74, 6) is -0.793. The van der Waals surface area contributed by atoms with Crippen LogP contribution in [0.1, 0.15) is 15.9 Å². The number of esters is 1. The molecule has 1 atom stereocenters. The number of carbonyl (C=O) groups excluding carboxylic acids is 2. The number of anilines is 1. The summed E-state index contributed by atoms with van der Waals surface area (Å²) in [7, 11) is 0. The molecule has 2 heterocycles. The van der Waals surface area contributed by atoms with E-state index < -0.39 is 12.1 Å². The third-order valence-electron chi connectivity index (χ3n) is 4.88. The minimum atomic E-state index is -0.832. The van der Waals surface area contributed by atoms with Gasteiger partial charge in [-0.2, -0.15) is 0 Å². The van der Waals surface area contributed by atoms with E-state index in [9.17, 15) is 9.59 Å². The highest BCUT2D eigenvalue weighted by Crippen LogP contribution is 2.30. The molecule has 0 fully saturated rings. The van der Waals surface area contributed by atoms with Gasteiger partial charge in [-0.1, -0.05) is 30.3 Å². The van der Waals surface area contributed by atoms with Gasteiger partial charge in [0.15, 0.2) is 6.10 Å². The molecule has 6 heteroatoms. The Morgan fingerprint density at radius 2 is 1.76 bits per heavy atom. The molecule has 142 valence electrons. The van der Waals surface area contributed by atoms with Crippen LogP contribution in [0.25, 0.3) is 20.8 Å². The second-order valence-corrected chi connectivity index (χ2v) is 7.84. The van der Waals surface area contributed by atoms with Crippen molar-refractivity contribution in [2.24, 2.45) is 0 Å². The van der Waals surface area contributed by atoms with Crippen molar-refractivity contribution in [3.8, 4) is 10.6 Å². The average molecular weight is 400 g/mol. The summed E-state index contributed by atoms with van der Waals surface area (Å²) in [5, 5.41) is 3.77. The summed E-state index contributed by atoms with van der Waals surface area (Å²) in [4.78, 5) is 29.4. The van der Waals surface area contributed by atoms with Crippen molar-refractivity contribution in [3.63, 3.8) is 0 Å². The van der Waals surface area contributed by atoms with E-state index in [0.29, 0.717) is 17.7 Å². The summed E-state index contributed by atoms with van der Waals surface area (Å²) in [6, 6.07) is 22.7. The van der Waals surface area contributed by atoms with Crippen molar-refractivity contribution in [3.05, 3.63) is 83.9 Å². The molecule has 0 spiro atoms. The second-order valence-electron chi connectivity index (χ2n) is 6.81. The quantitative estimate of drug-likeness (QED) is 0.507. The summed E-state index contributed by atoms with van der Waals surface area (Å²) in [5.41, 5.74) is 3.97. The fourth-order valence-corrected chi connectivity index (χ4v) is 4.36. The maximum atomic E-state index is 12.6. The molecule has 1 N–H and O–H groups in total. The Balaban J connectivity index is 1.31. The van der Waals surface area contributed by atoms with Crippen molar-refractivity contribution >= 4 is 39.1 Å². The topological polar surface area (TPSA) is 68.3 Å². The zero-order valence-electron chi connectivity index (χ0n) is 15.3. The lowest BCUT2D eigenvalue weighted by atomic mass is 9.98. The van der Waals surface area contributed by atoms with Gasteiger partial charge in [0.05, 0.1) is 15.8 Å². The molecule has 4 aromatic rings. The number of aromatic nitrogens is 1. The first-order chi connectivity index (χ1) is 14.2. The number of cyclic esters (lactones) is 1. The van der Waals surface area contributed by atoms with E-state index in [1.54, 1.807) is 23.5 Å². The van der Waals surface area contributed by atoms with E-state index in [2.05, 4.69) is 16.4 Å². The number of hydrogen-bond acceptors (Lipinski definition) is 5. The lowest BCUT2D eigenvalue weighted by Crippen LogP contribution is -2.37. The van der Waals surface area contributed by atoms with Crippen LogP contribution in [0.2, 0.25) is 0 Å². The molecular formula is C23H16N2O3S. The number of thiazole rings is 1. The lowest BCUT2D eigenvalue weighted by molar-refractivity contribution is -0.125. The number of fused-ring (bicyclic) bond motifs is 2. The van der Waals surface area contributed by atoms with E-state index in [1.807, 2.05) is 54.6 Å². The van der Waals surface area contributed by atoms with Crippen LogP contribution in [-0.4, -0.2) is 23.0 Å². The minimum Gasteiger partial charge on any atom is -0.448 e. The van der Waals surface area contributed by atoms with Crippen molar-refractivity contribution in [2.45, 2.75) is 12.5 Å². The van der Waals surface area contributed by atoms with E-state index >= 15 is 0 Å². The van der Waals surface area contributed by atoms with Crippen molar-refractivity contribution in [2.75, 3.05) is 5.32 Å². The van der Waals surface area contributed by atoms with E-state index in [4.69, 9.17) is 4.74 Å². The molecule has 3 aromatic carbocycles. The SMILES string of the molecule is O=C1O[C@@H](C(=O)Nc2ccc(-c3nc4ccccc4s3)cc2)Cc2ccccc21. The zero-order valence-corrected chi connectivity index (χ0v) is 16.1. The predicted octanol–water partition coefficient (Wildman–Crippen LogP) is 4.68. The second kappa shape index (κ2) is 7.14. The van der Waals surface area contributed by atoms with Crippen LogP contribution < -0.4 is 5.32 Å². The van der Waals surface area contributed by atoms with Crippen molar-refractivity contribution in [1.82, 2.24) is 4.98 Å². The van der Waals surface area contributed by atoms with Gasteiger partial charge in [-0.05, 0) is 48.0 Å². The van der Waals surface area contributed by atoms with Crippen LogP contribution >= 0.6 is 11.3 Å². The Morgan fingerprint density at radius 1 is 1.00 bits per heavy atom. The van der Waals surface area contributed by atoms with E-state index in [0.717, 1.165) is 26.4 Å². The van der Waals surface area contributed by atoms with Gasteiger partial charge in [-0.15, -0.1) is 11.3 Å². The molecule has 0 radical (unpaired) electrons. The van der Waals surface area contributed by atoms with E-state index in [1.165, 1.54) is 0 Å². The molecule has 0 unspecified atom stereocenters. The van der Waals surface area contributed by atoms with E-state index in [-0.39, 0.29) is 5.91 Å².